The highest BCUT2D eigenvalue weighted by Gasteiger charge is 2.19. The third-order valence-corrected chi connectivity index (χ3v) is 3.11. The van der Waals surface area contributed by atoms with E-state index in [2.05, 4.69) is 0 Å². The van der Waals surface area contributed by atoms with E-state index in [0.29, 0.717) is 6.42 Å². The summed E-state index contributed by atoms with van der Waals surface area (Å²) in [6.07, 6.45) is 3.60. The van der Waals surface area contributed by atoms with Crippen molar-refractivity contribution in [2.45, 2.75) is 20.3 Å². The first-order chi connectivity index (χ1) is 5.41. The van der Waals surface area contributed by atoms with E-state index in [1.807, 2.05) is 13.8 Å². The third kappa shape index (κ3) is 1.95. The van der Waals surface area contributed by atoms with Crippen molar-refractivity contribution in [2.75, 3.05) is 0 Å². The zero-order valence-corrected chi connectivity index (χ0v) is 7.93. The minimum Gasteiger partial charge on any atom is -0.282 e. The second-order valence-electron chi connectivity index (χ2n) is 3.12. The summed E-state index contributed by atoms with van der Waals surface area (Å²) in [6.45, 7) is 3.88. The summed E-state index contributed by atoms with van der Waals surface area (Å²) in [7, 11) is -3.97. The standard InChI is InChI=1S/C8H12O3S/c1-6-3-4-8(5-7(6)2)12(9,10)11/h3-4,7H,5H2,1-2H3,(H,9,10,11)/t7-/m1/s1. The highest BCUT2D eigenvalue weighted by atomic mass is 32.2. The van der Waals surface area contributed by atoms with Crippen LogP contribution in [0.15, 0.2) is 22.6 Å². The van der Waals surface area contributed by atoms with Crippen LogP contribution < -0.4 is 0 Å². The van der Waals surface area contributed by atoms with Crippen LogP contribution in [0.1, 0.15) is 20.3 Å². The topological polar surface area (TPSA) is 54.4 Å². The monoisotopic (exact) mass is 188 g/mol. The van der Waals surface area contributed by atoms with E-state index in [4.69, 9.17) is 4.55 Å². The molecular weight excluding hydrogens is 176 g/mol. The van der Waals surface area contributed by atoms with Crippen molar-refractivity contribution in [2.24, 2.45) is 5.92 Å². The van der Waals surface area contributed by atoms with Crippen LogP contribution in [0, 0.1) is 5.92 Å². The Morgan fingerprint density at radius 1 is 1.50 bits per heavy atom. The Labute approximate surface area is 72.5 Å². The molecule has 68 valence electrons. The lowest BCUT2D eigenvalue weighted by Gasteiger charge is -2.16. The summed E-state index contributed by atoms with van der Waals surface area (Å²) >= 11 is 0. The average Bonchev–Trinajstić information content (AvgIpc) is 1.92. The molecule has 0 aliphatic heterocycles. The van der Waals surface area contributed by atoms with Crippen LogP contribution in [0.3, 0.4) is 0 Å². The van der Waals surface area contributed by atoms with Gasteiger partial charge in [-0.15, -0.1) is 0 Å². The van der Waals surface area contributed by atoms with Gasteiger partial charge >= 0.3 is 0 Å². The van der Waals surface area contributed by atoms with Gasteiger partial charge in [-0.05, 0) is 25.3 Å². The van der Waals surface area contributed by atoms with Crippen LogP contribution in [0.2, 0.25) is 0 Å². The van der Waals surface area contributed by atoms with E-state index in [0.717, 1.165) is 5.57 Å². The van der Waals surface area contributed by atoms with Gasteiger partial charge in [-0.2, -0.15) is 8.42 Å². The van der Waals surface area contributed by atoms with Gasteiger partial charge in [0.05, 0.1) is 4.91 Å². The number of allylic oxidation sites excluding steroid dienone is 4. The molecule has 0 bridgehead atoms. The molecule has 0 amide bonds. The highest BCUT2D eigenvalue weighted by Crippen LogP contribution is 2.26. The van der Waals surface area contributed by atoms with Gasteiger partial charge in [0.25, 0.3) is 10.1 Å². The van der Waals surface area contributed by atoms with Crippen LogP contribution in [-0.2, 0) is 10.1 Å². The second-order valence-corrected chi connectivity index (χ2v) is 4.60. The van der Waals surface area contributed by atoms with Crippen molar-refractivity contribution >= 4 is 10.1 Å². The van der Waals surface area contributed by atoms with Gasteiger partial charge in [-0.3, -0.25) is 4.55 Å². The summed E-state index contributed by atoms with van der Waals surface area (Å²) in [6, 6.07) is 0. The molecule has 0 fully saturated rings. The Kier molecular flexibility index (Phi) is 2.39. The van der Waals surface area contributed by atoms with Crippen molar-refractivity contribution in [1.29, 1.82) is 0 Å². The predicted molar refractivity (Wildman–Crippen MR) is 47.2 cm³/mol. The quantitative estimate of drug-likeness (QED) is 0.638. The lowest BCUT2D eigenvalue weighted by molar-refractivity contribution is 0.485. The molecule has 1 rings (SSSR count). The van der Waals surface area contributed by atoms with Crippen molar-refractivity contribution in [3.05, 3.63) is 22.6 Å². The summed E-state index contributed by atoms with van der Waals surface area (Å²) in [4.78, 5) is 0.112. The number of rotatable bonds is 1. The fraction of sp³-hybridized carbons (Fsp3) is 0.500. The average molecular weight is 188 g/mol. The molecule has 3 nitrogen and oxygen atoms in total. The maximum absolute atomic E-state index is 10.7. The fourth-order valence-corrected chi connectivity index (χ4v) is 1.81. The van der Waals surface area contributed by atoms with E-state index in [-0.39, 0.29) is 10.8 Å². The van der Waals surface area contributed by atoms with Gasteiger partial charge in [0, 0.05) is 0 Å². The molecule has 0 radical (unpaired) electrons. The third-order valence-electron chi connectivity index (χ3n) is 2.15. The molecular formula is C8H12O3S. The van der Waals surface area contributed by atoms with Crippen molar-refractivity contribution in [3.8, 4) is 0 Å². The molecule has 1 N–H and O–H groups in total. The summed E-state index contributed by atoms with van der Waals surface area (Å²) in [5, 5.41) is 0. The Balaban J connectivity index is 3.00. The Hall–Kier alpha value is -0.610. The Bertz CT molecular complexity index is 335. The first-order valence-electron chi connectivity index (χ1n) is 3.76. The molecule has 0 aromatic heterocycles. The van der Waals surface area contributed by atoms with E-state index < -0.39 is 10.1 Å². The van der Waals surface area contributed by atoms with E-state index in [1.165, 1.54) is 6.08 Å². The molecule has 0 heterocycles. The van der Waals surface area contributed by atoms with Crippen molar-refractivity contribution in [1.82, 2.24) is 0 Å². The molecule has 1 aliphatic rings. The molecule has 1 aliphatic carbocycles. The lowest BCUT2D eigenvalue weighted by Crippen LogP contribution is -2.10. The summed E-state index contributed by atoms with van der Waals surface area (Å²) in [5.74, 6) is 0.201. The molecule has 4 heteroatoms. The summed E-state index contributed by atoms with van der Waals surface area (Å²) < 4.78 is 30.1. The first-order valence-corrected chi connectivity index (χ1v) is 5.20. The smallest absolute Gasteiger partial charge is 0.282 e. The Morgan fingerprint density at radius 2 is 2.08 bits per heavy atom. The van der Waals surface area contributed by atoms with Gasteiger partial charge in [-0.1, -0.05) is 18.6 Å². The predicted octanol–water partition coefficient (Wildman–Crippen LogP) is 1.74. The largest absolute Gasteiger partial charge is 0.290 e. The molecule has 0 saturated carbocycles. The molecule has 1 atom stereocenters. The van der Waals surface area contributed by atoms with Gasteiger partial charge in [0.1, 0.15) is 0 Å². The SMILES string of the molecule is CC1=CC=C(S(=O)(=O)O)C[C@H]1C. The zero-order valence-electron chi connectivity index (χ0n) is 7.11. The second kappa shape index (κ2) is 3.03. The fourth-order valence-electron chi connectivity index (χ4n) is 1.11. The lowest BCUT2D eigenvalue weighted by atomic mass is 9.95. The van der Waals surface area contributed by atoms with Gasteiger partial charge < -0.3 is 0 Å². The highest BCUT2D eigenvalue weighted by molar-refractivity contribution is 7.89. The molecule has 12 heavy (non-hydrogen) atoms. The number of hydrogen-bond donors (Lipinski definition) is 1. The van der Waals surface area contributed by atoms with Crippen molar-refractivity contribution in [3.63, 3.8) is 0 Å². The minimum absolute atomic E-state index is 0.112. The zero-order chi connectivity index (χ0) is 9.35. The summed E-state index contributed by atoms with van der Waals surface area (Å²) in [5.41, 5.74) is 1.14. The van der Waals surface area contributed by atoms with Crippen LogP contribution >= 0.6 is 0 Å². The molecule has 0 aromatic rings. The Morgan fingerprint density at radius 3 is 2.50 bits per heavy atom. The van der Waals surface area contributed by atoms with E-state index >= 15 is 0 Å². The van der Waals surface area contributed by atoms with Crippen LogP contribution in [-0.4, -0.2) is 13.0 Å². The van der Waals surface area contributed by atoms with Gasteiger partial charge in [0.15, 0.2) is 0 Å². The van der Waals surface area contributed by atoms with Gasteiger partial charge in [-0.25, -0.2) is 0 Å². The first kappa shape index (κ1) is 9.48. The van der Waals surface area contributed by atoms with E-state index in [1.54, 1.807) is 6.08 Å². The van der Waals surface area contributed by atoms with Crippen LogP contribution in [0.4, 0.5) is 0 Å². The van der Waals surface area contributed by atoms with Crippen molar-refractivity contribution < 1.29 is 13.0 Å². The van der Waals surface area contributed by atoms with E-state index in [9.17, 15) is 8.42 Å². The molecule has 0 aromatic carbocycles. The van der Waals surface area contributed by atoms with Gasteiger partial charge in [0.2, 0.25) is 0 Å². The minimum atomic E-state index is -3.97. The normalized spacial score (nSPS) is 24.8. The maximum atomic E-state index is 10.7. The van der Waals surface area contributed by atoms with Crippen LogP contribution in [0.5, 0.6) is 0 Å². The number of hydrogen-bond acceptors (Lipinski definition) is 2. The van der Waals surface area contributed by atoms with Crippen LogP contribution in [0.25, 0.3) is 0 Å². The molecule has 0 saturated heterocycles. The molecule has 0 spiro atoms. The maximum Gasteiger partial charge on any atom is 0.290 e. The molecule has 0 unspecified atom stereocenters.